The number of nitrogens with zero attached hydrogens (tertiary/aromatic N) is 3. The summed E-state index contributed by atoms with van der Waals surface area (Å²) in [5.41, 5.74) is 0.824. The van der Waals surface area contributed by atoms with Crippen LogP contribution in [0.4, 0.5) is 4.39 Å². The average molecular weight is 304 g/mol. The number of hydrogen-bond donors (Lipinski definition) is 1. The van der Waals surface area contributed by atoms with Crippen molar-refractivity contribution >= 4 is 0 Å². The van der Waals surface area contributed by atoms with Crippen LogP contribution in [0.25, 0.3) is 0 Å². The van der Waals surface area contributed by atoms with Gasteiger partial charge in [-0.1, -0.05) is 0 Å². The second kappa shape index (κ2) is 6.33. The van der Waals surface area contributed by atoms with E-state index in [-0.39, 0.29) is 17.4 Å². The van der Waals surface area contributed by atoms with Crippen LogP contribution in [0.5, 0.6) is 0 Å². The zero-order chi connectivity index (χ0) is 15.5. The van der Waals surface area contributed by atoms with Crippen molar-refractivity contribution in [3.63, 3.8) is 0 Å². The number of morpholine rings is 1. The van der Waals surface area contributed by atoms with Crippen molar-refractivity contribution in [3.05, 3.63) is 57.8 Å². The molecule has 22 heavy (non-hydrogen) atoms. The Kier molecular flexibility index (Phi) is 4.26. The van der Waals surface area contributed by atoms with Gasteiger partial charge in [-0.3, -0.25) is 14.7 Å². The summed E-state index contributed by atoms with van der Waals surface area (Å²) in [5, 5.41) is 0. The van der Waals surface area contributed by atoms with Crippen LogP contribution in [-0.4, -0.2) is 39.6 Å². The highest BCUT2D eigenvalue weighted by Crippen LogP contribution is 2.24. The molecular weight excluding hydrogens is 287 g/mol. The summed E-state index contributed by atoms with van der Waals surface area (Å²) in [6.45, 7) is 3.71. The standard InChI is InChI=1S/C15H17FN4O2/c1-10-18-12(7-15(21)19-10)14-9-22-6-5-20(14)8-13-11(16)3-2-4-17-13/h2-4,7,14H,5-6,8-9H2,1H3,(H,18,19,21)/t14-/m1/s1. The van der Waals surface area contributed by atoms with Crippen molar-refractivity contribution in [2.45, 2.75) is 19.5 Å². The van der Waals surface area contributed by atoms with Gasteiger partial charge in [-0.2, -0.15) is 0 Å². The Morgan fingerprint density at radius 3 is 3.18 bits per heavy atom. The zero-order valence-corrected chi connectivity index (χ0v) is 12.3. The van der Waals surface area contributed by atoms with Crippen molar-refractivity contribution in [3.8, 4) is 0 Å². The number of rotatable bonds is 3. The molecule has 1 atom stereocenters. The molecule has 0 aromatic carbocycles. The maximum Gasteiger partial charge on any atom is 0.251 e. The molecule has 116 valence electrons. The summed E-state index contributed by atoms with van der Waals surface area (Å²) in [7, 11) is 0. The summed E-state index contributed by atoms with van der Waals surface area (Å²) in [6, 6.07) is 4.25. The summed E-state index contributed by atoms with van der Waals surface area (Å²) in [4.78, 5) is 24.8. The largest absolute Gasteiger partial charge is 0.378 e. The molecule has 0 unspecified atom stereocenters. The van der Waals surface area contributed by atoms with E-state index in [1.165, 1.54) is 12.1 Å². The van der Waals surface area contributed by atoms with E-state index >= 15 is 0 Å². The number of aromatic amines is 1. The molecule has 0 saturated carbocycles. The fraction of sp³-hybridized carbons (Fsp3) is 0.400. The molecule has 0 radical (unpaired) electrons. The highest BCUT2D eigenvalue weighted by molar-refractivity contribution is 5.12. The van der Waals surface area contributed by atoms with Crippen LogP contribution in [-0.2, 0) is 11.3 Å². The number of pyridine rings is 1. The highest BCUT2D eigenvalue weighted by Gasteiger charge is 2.27. The molecule has 7 heteroatoms. The fourth-order valence-corrected chi connectivity index (χ4v) is 2.60. The van der Waals surface area contributed by atoms with Crippen molar-refractivity contribution in [2.24, 2.45) is 0 Å². The third-order valence-corrected chi connectivity index (χ3v) is 3.65. The molecule has 1 N–H and O–H groups in total. The Labute approximate surface area is 127 Å². The van der Waals surface area contributed by atoms with Crippen molar-refractivity contribution in [1.82, 2.24) is 19.9 Å². The van der Waals surface area contributed by atoms with E-state index in [1.807, 2.05) is 4.90 Å². The molecule has 0 aliphatic carbocycles. The number of hydrogen-bond acceptors (Lipinski definition) is 5. The maximum atomic E-state index is 13.8. The van der Waals surface area contributed by atoms with Crippen LogP contribution in [0.15, 0.2) is 29.2 Å². The van der Waals surface area contributed by atoms with E-state index in [2.05, 4.69) is 15.0 Å². The van der Waals surface area contributed by atoms with Crippen LogP contribution >= 0.6 is 0 Å². The van der Waals surface area contributed by atoms with Gasteiger partial charge in [0.25, 0.3) is 5.56 Å². The first-order valence-corrected chi connectivity index (χ1v) is 7.12. The molecule has 2 aromatic rings. The minimum Gasteiger partial charge on any atom is -0.378 e. The average Bonchev–Trinajstić information content (AvgIpc) is 2.49. The third-order valence-electron chi connectivity index (χ3n) is 3.65. The van der Waals surface area contributed by atoms with E-state index in [0.717, 1.165) is 0 Å². The Bertz CT molecular complexity index is 719. The Hall–Kier alpha value is -2.12. The monoisotopic (exact) mass is 304 g/mol. The van der Waals surface area contributed by atoms with Gasteiger partial charge in [0.05, 0.1) is 30.6 Å². The van der Waals surface area contributed by atoms with E-state index in [4.69, 9.17) is 4.74 Å². The lowest BCUT2D eigenvalue weighted by Gasteiger charge is -2.34. The summed E-state index contributed by atoms with van der Waals surface area (Å²) >= 11 is 0. The molecule has 1 aliphatic heterocycles. The van der Waals surface area contributed by atoms with Crippen LogP contribution in [0.1, 0.15) is 23.3 Å². The van der Waals surface area contributed by atoms with Crippen molar-refractivity contribution in [1.29, 1.82) is 0 Å². The minimum atomic E-state index is -0.331. The SMILES string of the molecule is Cc1nc([C@H]2COCCN2Cc2ncccc2F)cc(=O)[nH]1. The Balaban J connectivity index is 1.88. The van der Waals surface area contributed by atoms with Gasteiger partial charge < -0.3 is 9.72 Å². The van der Waals surface area contributed by atoms with E-state index < -0.39 is 0 Å². The van der Waals surface area contributed by atoms with E-state index in [9.17, 15) is 9.18 Å². The van der Waals surface area contributed by atoms with Crippen LogP contribution in [0.3, 0.4) is 0 Å². The van der Waals surface area contributed by atoms with Gasteiger partial charge in [0.1, 0.15) is 11.6 Å². The number of ether oxygens (including phenoxy) is 1. The normalized spacial score (nSPS) is 19.3. The van der Waals surface area contributed by atoms with Crippen LogP contribution in [0, 0.1) is 12.7 Å². The molecule has 6 nitrogen and oxygen atoms in total. The second-order valence-electron chi connectivity index (χ2n) is 5.25. The van der Waals surface area contributed by atoms with E-state index in [0.29, 0.717) is 43.5 Å². The number of nitrogens with one attached hydrogen (secondary N) is 1. The number of aromatic nitrogens is 3. The Morgan fingerprint density at radius 2 is 2.41 bits per heavy atom. The number of halogens is 1. The maximum absolute atomic E-state index is 13.8. The van der Waals surface area contributed by atoms with Gasteiger partial charge in [-0.25, -0.2) is 9.37 Å². The molecule has 0 bridgehead atoms. The van der Waals surface area contributed by atoms with Gasteiger partial charge in [-0.05, 0) is 19.1 Å². The van der Waals surface area contributed by atoms with Crippen LogP contribution < -0.4 is 5.56 Å². The smallest absolute Gasteiger partial charge is 0.251 e. The second-order valence-corrected chi connectivity index (χ2v) is 5.25. The molecule has 3 heterocycles. The summed E-state index contributed by atoms with van der Waals surface area (Å²) in [6.07, 6.45) is 1.57. The molecule has 3 rings (SSSR count). The molecule has 1 aliphatic rings. The van der Waals surface area contributed by atoms with Gasteiger partial charge in [-0.15, -0.1) is 0 Å². The van der Waals surface area contributed by atoms with Gasteiger partial charge >= 0.3 is 0 Å². The summed E-state index contributed by atoms with van der Waals surface area (Å²) < 4.78 is 19.3. The molecule has 0 amide bonds. The first kappa shape index (κ1) is 14.8. The van der Waals surface area contributed by atoms with Gasteiger partial charge in [0.2, 0.25) is 0 Å². The molecule has 0 spiro atoms. The van der Waals surface area contributed by atoms with E-state index in [1.54, 1.807) is 19.2 Å². The number of H-pyrrole nitrogens is 1. The zero-order valence-electron chi connectivity index (χ0n) is 12.3. The van der Waals surface area contributed by atoms with Crippen molar-refractivity contribution in [2.75, 3.05) is 19.8 Å². The first-order chi connectivity index (χ1) is 10.6. The lowest BCUT2D eigenvalue weighted by molar-refractivity contribution is -0.0154. The summed E-state index contributed by atoms with van der Waals surface area (Å²) in [5.74, 6) is 0.222. The first-order valence-electron chi connectivity index (χ1n) is 7.12. The molecule has 2 aromatic heterocycles. The Morgan fingerprint density at radius 1 is 1.55 bits per heavy atom. The fourth-order valence-electron chi connectivity index (χ4n) is 2.60. The molecule has 1 saturated heterocycles. The van der Waals surface area contributed by atoms with Gasteiger partial charge in [0, 0.05) is 25.4 Å². The quantitative estimate of drug-likeness (QED) is 0.922. The lowest BCUT2D eigenvalue weighted by atomic mass is 10.1. The number of aryl methyl sites for hydroxylation is 1. The van der Waals surface area contributed by atoms with Gasteiger partial charge in [0.15, 0.2) is 0 Å². The highest BCUT2D eigenvalue weighted by atomic mass is 19.1. The third kappa shape index (κ3) is 3.20. The minimum absolute atomic E-state index is 0.184. The predicted molar refractivity (Wildman–Crippen MR) is 77.8 cm³/mol. The molecular formula is C15H17FN4O2. The van der Waals surface area contributed by atoms with Crippen molar-refractivity contribution < 1.29 is 9.13 Å². The predicted octanol–water partition coefficient (Wildman–Crippen LogP) is 1.19. The molecule has 1 fully saturated rings. The topological polar surface area (TPSA) is 71.1 Å². The van der Waals surface area contributed by atoms with Crippen LogP contribution in [0.2, 0.25) is 0 Å². The lowest BCUT2D eigenvalue weighted by Crippen LogP contribution is -2.40.